The van der Waals surface area contributed by atoms with Crippen LogP contribution in [0.25, 0.3) is 0 Å². The molecular weight excluding hydrogens is 583 g/mol. The second-order valence-corrected chi connectivity index (χ2v) is 11.3. The van der Waals surface area contributed by atoms with Gasteiger partial charge in [0.05, 0.1) is 32.0 Å². The number of nitrogens with one attached hydrogen (secondary N) is 2. The third-order valence-electron chi connectivity index (χ3n) is 8.38. The highest BCUT2D eigenvalue weighted by molar-refractivity contribution is 5.96. The number of halogens is 3. The summed E-state index contributed by atoms with van der Waals surface area (Å²) in [6, 6.07) is 6.29. The Morgan fingerprint density at radius 3 is 2.55 bits per heavy atom. The number of ether oxygens (including phenoxy) is 5. The predicted molar refractivity (Wildman–Crippen MR) is 154 cm³/mol. The van der Waals surface area contributed by atoms with Gasteiger partial charge in [-0.15, -0.1) is 13.2 Å². The van der Waals surface area contributed by atoms with Crippen LogP contribution in [-0.2, 0) is 14.2 Å². The van der Waals surface area contributed by atoms with Crippen LogP contribution < -0.4 is 20.1 Å². The Morgan fingerprint density at radius 1 is 1.07 bits per heavy atom. The fourth-order valence-corrected chi connectivity index (χ4v) is 6.07. The van der Waals surface area contributed by atoms with Gasteiger partial charge in [0.1, 0.15) is 12.1 Å². The molecule has 0 aliphatic carbocycles. The number of benzene rings is 1. The molecule has 1 aromatic carbocycles. The molecule has 0 bridgehead atoms. The maximum absolute atomic E-state index is 13.5. The van der Waals surface area contributed by atoms with Crippen molar-refractivity contribution in [2.75, 3.05) is 52.4 Å². The third-order valence-corrected chi connectivity index (χ3v) is 8.38. The average molecular weight is 624 g/mol. The molecule has 5 rings (SSSR count). The maximum atomic E-state index is 13.5. The van der Waals surface area contributed by atoms with E-state index in [-0.39, 0.29) is 53.5 Å². The van der Waals surface area contributed by atoms with Gasteiger partial charge >= 0.3 is 6.36 Å². The van der Waals surface area contributed by atoms with Crippen molar-refractivity contribution < 1.29 is 41.7 Å². The van der Waals surface area contributed by atoms with Crippen LogP contribution in [0.1, 0.15) is 60.7 Å². The van der Waals surface area contributed by atoms with E-state index in [2.05, 4.69) is 25.3 Å². The first-order chi connectivity index (χ1) is 21.2. The number of hydrogen-bond donors (Lipinski definition) is 2. The van der Waals surface area contributed by atoms with Crippen LogP contribution in [0.3, 0.4) is 0 Å². The number of aromatic nitrogens is 2. The van der Waals surface area contributed by atoms with E-state index in [1.807, 2.05) is 0 Å². The zero-order chi connectivity index (χ0) is 31.1. The summed E-state index contributed by atoms with van der Waals surface area (Å²) in [5, 5.41) is 6.95. The Kier molecular flexibility index (Phi) is 10.8. The van der Waals surface area contributed by atoms with E-state index in [1.165, 1.54) is 25.6 Å². The van der Waals surface area contributed by atoms with Crippen LogP contribution >= 0.6 is 0 Å². The Morgan fingerprint density at radius 2 is 1.84 bits per heavy atom. The number of piperidine rings is 1. The number of carbonyl (C=O) groups excluding carboxylic acids is 1. The summed E-state index contributed by atoms with van der Waals surface area (Å²) in [7, 11) is 3.19. The predicted octanol–water partition coefficient (Wildman–Crippen LogP) is 4.10. The lowest BCUT2D eigenvalue weighted by molar-refractivity contribution is -0.274. The van der Waals surface area contributed by atoms with Gasteiger partial charge in [0, 0.05) is 45.4 Å². The number of methoxy groups -OCH3 is 2. The van der Waals surface area contributed by atoms with E-state index in [0.717, 1.165) is 44.1 Å². The van der Waals surface area contributed by atoms with Crippen molar-refractivity contribution in [3.63, 3.8) is 0 Å². The molecule has 14 heteroatoms. The summed E-state index contributed by atoms with van der Waals surface area (Å²) in [5.74, 6) is 0.189. The van der Waals surface area contributed by atoms with Gasteiger partial charge in [-0.25, -0.2) is 9.97 Å². The van der Waals surface area contributed by atoms with Gasteiger partial charge in [-0.3, -0.25) is 4.79 Å². The highest BCUT2D eigenvalue weighted by Crippen LogP contribution is 2.34. The van der Waals surface area contributed by atoms with Crippen molar-refractivity contribution in [3.8, 4) is 11.5 Å². The number of rotatable bonds is 10. The molecule has 0 spiro atoms. The quantitative estimate of drug-likeness (QED) is 0.401. The highest BCUT2D eigenvalue weighted by Gasteiger charge is 2.33. The molecule has 2 aromatic rings. The van der Waals surface area contributed by atoms with Crippen molar-refractivity contribution in [3.05, 3.63) is 41.9 Å². The molecule has 242 valence electrons. The zero-order valence-corrected chi connectivity index (χ0v) is 25.0. The second-order valence-electron chi connectivity index (χ2n) is 11.3. The Hall–Kier alpha value is -3.20. The Balaban J connectivity index is 1.15. The van der Waals surface area contributed by atoms with Crippen LogP contribution in [0, 0.1) is 0 Å². The smallest absolute Gasteiger partial charge is 0.491 e. The topological polar surface area (TPSA) is 116 Å². The highest BCUT2D eigenvalue weighted by atomic mass is 19.4. The van der Waals surface area contributed by atoms with Gasteiger partial charge in [0.15, 0.2) is 17.3 Å². The molecule has 4 heterocycles. The number of likely N-dealkylation sites (tertiary alicyclic amines) is 1. The summed E-state index contributed by atoms with van der Waals surface area (Å²) < 4.78 is 64.4. The van der Waals surface area contributed by atoms with E-state index >= 15 is 0 Å². The van der Waals surface area contributed by atoms with E-state index in [4.69, 9.17) is 18.9 Å². The number of hydrogen-bond acceptors (Lipinski definition) is 10. The van der Waals surface area contributed by atoms with Crippen LogP contribution in [0.2, 0.25) is 0 Å². The molecule has 0 saturated carbocycles. The summed E-state index contributed by atoms with van der Waals surface area (Å²) >= 11 is 0. The molecule has 11 nitrogen and oxygen atoms in total. The molecule has 3 aliphatic heterocycles. The standard InChI is InChI=1S/C30H40F3N5O6/c1-40-25-17-42-15-12-23(25)37-20-10-13-38(14-11-20)29(39)26-27(41-2)28(36-18-35-26)34-16-22-4-3-5-24(43-22)19-6-8-21(9-7-19)44-30(31,32)33/h6-9,18,20,22-25,37H,3-5,10-17H2,1-2H3,(H,34,35,36)/t22-,23?,24+,25?/m1/s1. The van der Waals surface area contributed by atoms with E-state index in [0.29, 0.717) is 38.7 Å². The van der Waals surface area contributed by atoms with Crippen LogP contribution in [0.5, 0.6) is 11.5 Å². The minimum Gasteiger partial charge on any atom is -0.491 e. The fourth-order valence-electron chi connectivity index (χ4n) is 6.07. The van der Waals surface area contributed by atoms with Gasteiger partial charge in [-0.1, -0.05) is 12.1 Å². The van der Waals surface area contributed by atoms with Gasteiger partial charge in [0.2, 0.25) is 0 Å². The van der Waals surface area contributed by atoms with Crippen molar-refractivity contribution in [2.45, 2.75) is 75.3 Å². The molecule has 1 aromatic heterocycles. The van der Waals surface area contributed by atoms with Gasteiger partial charge in [-0.05, 0) is 56.2 Å². The first-order valence-corrected chi connectivity index (χ1v) is 15.0. The SMILES string of the molecule is COc1c(NC[C@H]2CCC[C@@H](c3ccc(OC(F)(F)F)cc3)O2)ncnc1C(=O)N1CCC(NC2CCOCC2OC)CC1. The van der Waals surface area contributed by atoms with Crippen molar-refractivity contribution in [1.29, 1.82) is 0 Å². The lowest BCUT2D eigenvalue weighted by atomic mass is 9.98. The van der Waals surface area contributed by atoms with Crippen LogP contribution in [0.15, 0.2) is 30.6 Å². The molecular formula is C30H40F3N5O6. The van der Waals surface area contributed by atoms with Gasteiger partial charge < -0.3 is 39.2 Å². The van der Waals surface area contributed by atoms with E-state index in [1.54, 1.807) is 24.1 Å². The number of alkyl halides is 3. The van der Waals surface area contributed by atoms with Crippen LogP contribution in [0.4, 0.5) is 19.0 Å². The monoisotopic (exact) mass is 623 g/mol. The van der Waals surface area contributed by atoms with Crippen molar-refractivity contribution in [1.82, 2.24) is 20.2 Å². The average Bonchev–Trinajstić information content (AvgIpc) is 3.03. The summed E-state index contributed by atoms with van der Waals surface area (Å²) in [4.78, 5) is 23.9. The van der Waals surface area contributed by atoms with E-state index < -0.39 is 6.36 Å². The second kappa shape index (κ2) is 14.7. The molecule has 1 amide bonds. The lowest BCUT2D eigenvalue weighted by Crippen LogP contribution is -2.54. The molecule has 2 N–H and O–H groups in total. The van der Waals surface area contributed by atoms with Crippen LogP contribution in [-0.4, -0.2) is 98.5 Å². The fraction of sp³-hybridized carbons (Fsp3) is 0.633. The summed E-state index contributed by atoms with van der Waals surface area (Å²) in [6.45, 7) is 2.88. The molecule has 3 aliphatic rings. The normalized spacial score (nSPS) is 25.0. The maximum Gasteiger partial charge on any atom is 0.573 e. The largest absolute Gasteiger partial charge is 0.573 e. The van der Waals surface area contributed by atoms with E-state index in [9.17, 15) is 18.0 Å². The number of amides is 1. The third kappa shape index (κ3) is 8.29. The van der Waals surface area contributed by atoms with Gasteiger partial charge in [-0.2, -0.15) is 0 Å². The molecule has 0 radical (unpaired) electrons. The molecule has 4 atom stereocenters. The molecule has 3 saturated heterocycles. The molecule has 44 heavy (non-hydrogen) atoms. The number of carbonyl (C=O) groups is 1. The number of anilines is 1. The minimum atomic E-state index is -4.74. The lowest BCUT2D eigenvalue weighted by Gasteiger charge is -2.38. The van der Waals surface area contributed by atoms with Crippen molar-refractivity contribution in [2.24, 2.45) is 0 Å². The number of nitrogens with zero attached hydrogens (tertiary/aromatic N) is 3. The first kappa shape index (κ1) is 32.2. The molecule has 3 fully saturated rings. The summed E-state index contributed by atoms with van der Waals surface area (Å²) in [5.41, 5.74) is 0.978. The Bertz CT molecular complexity index is 1230. The van der Waals surface area contributed by atoms with Crippen molar-refractivity contribution >= 4 is 11.7 Å². The Labute approximate surface area is 254 Å². The molecule has 2 unspecified atom stereocenters. The zero-order valence-electron chi connectivity index (χ0n) is 25.0. The minimum absolute atomic E-state index is 0.0257. The first-order valence-electron chi connectivity index (χ1n) is 15.0. The summed E-state index contributed by atoms with van der Waals surface area (Å²) in [6.07, 6.45) is 1.14. The van der Waals surface area contributed by atoms with Gasteiger partial charge in [0.25, 0.3) is 5.91 Å².